The van der Waals surface area contributed by atoms with Gasteiger partial charge in [0, 0.05) is 25.5 Å². The molecular weight excluding hydrogens is 561 g/mol. The fourth-order valence-corrected chi connectivity index (χ4v) is 2.30. The van der Waals surface area contributed by atoms with Gasteiger partial charge in [-0.2, -0.15) is 74.6 Å². The van der Waals surface area contributed by atoms with Crippen molar-refractivity contribution in [2.75, 3.05) is 6.54 Å². The van der Waals surface area contributed by atoms with Crippen LogP contribution in [-0.2, 0) is 11.3 Å². The van der Waals surface area contributed by atoms with Gasteiger partial charge in [-0.1, -0.05) is 0 Å². The first-order chi connectivity index (χ1) is 15.7. The van der Waals surface area contributed by atoms with E-state index in [1.165, 1.54) is 17.0 Å². The van der Waals surface area contributed by atoms with E-state index in [9.17, 15) is 79.4 Å². The van der Waals surface area contributed by atoms with Crippen LogP contribution in [0.5, 0.6) is 0 Å². The summed E-state index contributed by atoms with van der Waals surface area (Å²) in [6.45, 7) is -1.26. The first kappa shape index (κ1) is 31.5. The van der Waals surface area contributed by atoms with Crippen LogP contribution < -0.4 is 5.32 Å². The van der Waals surface area contributed by atoms with Crippen molar-refractivity contribution in [1.82, 2.24) is 14.9 Å². The van der Waals surface area contributed by atoms with Crippen LogP contribution >= 0.6 is 0 Å². The van der Waals surface area contributed by atoms with Crippen LogP contribution in [0.15, 0.2) is 18.7 Å². The van der Waals surface area contributed by atoms with E-state index in [0.29, 0.717) is 0 Å². The Labute approximate surface area is 187 Å². The summed E-state index contributed by atoms with van der Waals surface area (Å²) >= 11 is 0. The first-order valence-corrected chi connectivity index (χ1v) is 8.70. The molecule has 1 rings (SSSR count). The molecule has 210 valence electrons. The van der Waals surface area contributed by atoms with Crippen molar-refractivity contribution in [3.63, 3.8) is 0 Å². The molecule has 0 saturated carbocycles. The van der Waals surface area contributed by atoms with E-state index in [4.69, 9.17) is 0 Å². The number of rotatable bonds is 11. The Kier molecular flexibility index (Phi) is 7.97. The predicted octanol–water partition coefficient (Wildman–Crippen LogP) is 5.40. The molecule has 0 unspecified atom stereocenters. The van der Waals surface area contributed by atoms with Crippen molar-refractivity contribution < 1.29 is 79.4 Å². The highest BCUT2D eigenvalue weighted by atomic mass is 19.4. The fraction of sp³-hybridized carbons (Fsp3) is 0.733. The van der Waals surface area contributed by atoms with Gasteiger partial charge in [-0.15, -0.1) is 0 Å². The van der Waals surface area contributed by atoms with Crippen molar-refractivity contribution >= 4 is 5.91 Å². The molecular formula is C15H10F17N3O. The summed E-state index contributed by atoms with van der Waals surface area (Å²) in [5, 5.41) is 0.843. The minimum absolute atomic E-state index is 0.189. The Hall–Kier alpha value is -2.51. The first-order valence-electron chi connectivity index (χ1n) is 8.70. The molecule has 0 bridgehead atoms. The summed E-state index contributed by atoms with van der Waals surface area (Å²) in [6, 6.07) is 0. The summed E-state index contributed by atoms with van der Waals surface area (Å²) in [7, 11) is 0. The normalized spacial score (nSPS) is 15.2. The number of imidazole rings is 1. The van der Waals surface area contributed by atoms with Gasteiger partial charge in [0.05, 0.1) is 6.33 Å². The SMILES string of the molecule is O=C(NCCCn1ccnc1)C(F)(F)C(F)(F)C(F)(F)C(F)(F)C(F)(F)C(F)(F)C(F)(F)C(F)(F)F. The van der Waals surface area contributed by atoms with Gasteiger partial charge in [0.1, 0.15) is 0 Å². The number of aromatic nitrogens is 2. The lowest BCUT2D eigenvalue weighted by Gasteiger charge is -2.42. The van der Waals surface area contributed by atoms with Gasteiger partial charge in [0.25, 0.3) is 5.91 Å². The molecule has 0 fully saturated rings. The third-order valence-electron chi connectivity index (χ3n) is 4.45. The Balaban J connectivity index is 3.30. The van der Waals surface area contributed by atoms with Crippen LogP contribution in [0, 0.1) is 0 Å². The topological polar surface area (TPSA) is 46.9 Å². The van der Waals surface area contributed by atoms with Crippen LogP contribution in [0.4, 0.5) is 74.6 Å². The molecule has 0 aliphatic carbocycles. The van der Waals surface area contributed by atoms with Gasteiger partial charge in [-0.3, -0.25) is 4.79 Å². The van der Waals surface area contributed by atoms with Gasteiger partial charge < -0.3 is 9.88 Å². The second-order valence-corrected chi connectivity index (χ2v) is 6.93. The zero-order valence-electron chi connectivity index (χ0n) is 16.6. The lowest BCUT2D eigenvalue weighted by molar-refractivity contribution is -0.459. The standard InChI is InChI=1S/C15H10F17N3O/c16-8(17,7(36)34-2-1-4-35-5-3-33-6-35)9(18,19)10(20,21)11(22,23)12(24,25)13(26,27)14(28,29)15(30,31)32/h3,5-6H,1-2,4H2,(H,34,36). The molecule has 0 atom stereocenters. The Morgan fingerprint density at radius 2 is 1.08 bits per heavy atom. The molecule has 0 saturated heterocycles. The number of alkyl halides is 17. The van der Waals surface area contributed by atoms with E-state index in [-0.39, 0.29) is 6.54 Å². The van der Waals surface area contributed by atoms with E-state index >= 15 is 0 Å². The minimum Gasteiger partial charge on any atom is -0.351 e. The van der Waals surface area contributed by atoms with Gasteiger partial charge in [-0.05, 0) is 6.42 Å². The Bertz CT molecular complexity index is 907. The van der Waals surface area contributed by atoms with Gasteiger partial charge in [-0.25, -0.2) is 4.98 Å². The summed E-state index contributed by atoms with van der Waals surface area (Å²) in [6.07, 6.45) is -4.70. The number of hydrogen-bond acceptors (Lipinski definition) is 2. The van der Waals surface area contributed by atoms with Crippen LogP contribution in [0.1, 0.15) is 6.42 Å². The predicted molar refractivity (Wildman–Crippen MR) is 80.5 cm³/mol. The summed E-state index contributed by atoms with van der Waals surface area (Å²) in [5.74, 6) is -61.4. The van der Waals surface area contributed by atoms with Crippen molar-refractivity contribution in [2.45, 2.75) is 60.6 Å². The van der Waals surface area contributed by atoms with Gasteiger partial charge >= 0.3 is 47.6 Å². The molecule has 36 heavy (non-hydrogen) atoms. The highest BCUT2D eigenvalue weighted by Gasteiger charge is 2.95. The largest absolute Gasteiger partial charge is 0.460 e. The molecule has 0 spiro atoms. The Morgan fingerprint density at radius 3 is 1.47 bits per heavy atom. The number of carbonyl (C=O) groups is 1. The molecule has 1 aromatic heterocycles. The molecule has 0 aliphatic rings. The number of halogens is 17. The molecule has 1 aromatic rings. The van der Waals surface area contributed by atoms with E-state index in [0.717, 1.165) is 11.6 Å². The molecule has 0 aliphatic heterocycles. The second kappa shape index (κ2) is 9.10. The zero-order valence-corrected chi connectivity index (χ0v) is 16.6. The van der Waals surface area contributed by atoms with Crippen LogP contribution in [0.25, 0.3) is 0 Å². The lowest BCUT2D eigenvalue weighted by atomic mass is 9.89. The molecule has 0 aromatic carbocycles. The molecule has 1 N–H and O–H groups in total. The van der Waals surface area contributed by atoms with Crippen molar-refractivity contribution in [3.8, 4) is 0 Å². The summed E-state index contributed by atoms with van der Waals surface area (Å²) in [5.41, 5.74) is 0. The van der Waals surface area contributed by atoms with Crippen molar-refractivity contribution in [1.29, 1.82) is 0 Å². The van der Waals surface area contributed by atoms with Crippen LogP contribution in [0.2, 0.25) is 0 Å². The zero-order chi connectivity index (χ0) is 28.8. The maximum absolute atomic E-state index is 13.7. The molecule has 21 heteroatoms. The molecule has 1 amide bonds. The second-order valence-electron chi connectivity index (χ2n) is 6.93. The number of amides is 1. The third kappa shape index (κ3) is 4.52. The number of aryl methyl sites for hydroxylation is 1. The maximum Gasteiger partial charge on any atom is 0.460 e. The van der Waals surface area contributed by atoms with Crippen molar-refractivity contribution in [2.24, 2.45) is 0 Å². The van der Waals surface area contributed by atoms with E-state index in [1.54, 1.807) is 0 Å². The number of hydrogen-bond donors (Lipinski definition) is 1. The Morgan fingerprint density at radius 1 is 0.667 bits per heavy atom. The number of nitrogens with one attached hydrogen (secondary N) is 1. The number of carbonyl (C=O) groups excluding carboxylic acids is 1. The van der Waals surface area contributed by atoms with Crippen LogP contribution in [-0.4, -0.2) is 69.6 Å². The van der Waals surface area contributed by atoms with E-state index in [2.05, 4.69) is 4.98 Å². The monoisotopic (exact) mass is 571 g/mol. The highest BCUT2D eigenvalue weighted by molar-refractivity contribution is 5.84. The van der Waals surface area contributed by atoms with Crippen LogP contribution in [0.3, 0.4) is 0 Å². The minimum atomic E-state index is -8.73. The smallest absolute Gasteiger partial charge is 0.351 e. The third-order valence-corrected chi connectivity index (χ3v) is 4.45. The fourth-order valence-electron chi connectivity index (χ4n) is 2.30. The van der Waals surface area contributed by atoms with Gasteiger partial charge in [0.15, 0.2) is 0 Å². The van der Waals surface area contributed by atoms with Gasteiger partial charge in [0.2, 0.25) is 0 Å². The van der Waals surface area contributed by atoms with E-state index in [1.807, 2.05) is 0 Å². The summed E-state index contributed by atoms with van der Waals surface area (Å²) in [4.78, 5) is 14.7. The number of nitrogens with zero attached hydrogens (tertiary/aromatic N) is 2. The molecule has 4 nitrogen and oxygen atoms in total. The quantitative estimate of drug-likeness (QED) is 0.286. The average molecular weight is 571 g/mol. The lowest BCUT2D eigenvalue weighted by Crippen LogP contribution is -2.75. The highest BCUT2D eigenvalue weighted by Crippen LogP contribution is 2.63. The molecule has 0 radical (unpaired) electrons. The summed E-state index contributed by atoms with van der Waals surface area (Å²) < 4.78 is 224. The van der Waals surface area contributed by atoms with Crippen molar-refractivity contribution in [3.05, 3.63) is 18.7 Å². The maximum atomic E-state index is 13.7. The average Bonchev–Trinajstić information content (AvgIpc) is 3.22. The van der Waals surface area contributed by atoms with E-state index < -0.39 is 66.5 Å². The molecule has 1 heterocycles.